The molecule has 1 heterocycles. The van der Waals surface area contributed by atoms with E-state index in [2.05, 4.69) is 17.2 Å². The van der Waals surface area contributed by atoms with E-state index in [0.29, 0.717) is 46.2 Å². The Labute approximate surface area is 193 Å². The summed E-state index contributed by atoms with van der Waals surface area (Å²) in [5.74, 6) is 1.11. The van der Waals surface area contributed by atoms with Crippen molar-refractivity contribution >= 4 is 34.8 Å². The molecule has 1 amide bonds. The van der Waals surface area contributed by atoms with Gasteiger partial charge in [0.05, 0.1) is 29.7 Å². The van der Waals surface area contributed by atoms with Crippen molar-refractivity contribution in [1.82, 2.24) is 5.32 Å². The van der Waals surface area contributed by atoms with Gasteiger partial charge in [0.2, 0.25) is 5.91 Å². The number of rotatable bonds is 9. The molecular weight excluding hydrogens is 435 g/mol. The van der Waals surface area contributed by atoms with Gasteiger partial charge in [-0.3, -0.25) is 4.79 Å². The number of benzene rings is 2. The Morgan fingerprint density at radius 1 is 1.26 bits per heavy atom. The fourth-order valence-corrected chi connectivity index (χ4v) is 3.97. The highest BCUT2D eigenvalue weighted by molar-refractivity contribution is 6.42. The summed E-state index contributed by atoms with van der Waals surface area (Å²) >= 11 is 12.2. The van der Waals surface area contributed by atoms with Gasteiger partial charge < -0.3 is 20.1 Å². The van der Waals surface area contributed by atoms with Gasteiger partial charge in [-0.2, -0.15) is 0 Å². The van der Waals surface area contributed by atoms with E-state index >= 15 is 0 Å². The van der Waals surface area contributed by atoms with Crippen LogP contribution in [-0.4, -0.2) is 32.7 Å². The Morgan fingerprint density at radius 3 is 2.77 bits per heavy atom. The van der Waals surface area contributed by atoms with Crippen LogP contribution >= 0.6 is 23.2 Å². The second kappa shape index (κ2) is 11.4. The molecule has 0 bridgehead atoms. The van der Waals surface area contributed by atoms with Crippen LogP contribution in [0.4, 0.5) is 5.69 Å². The van der Waals surface area contributed by atoms with E-state index in [1.165, 1.54) is 0 Å². The molecule has 0 spiro atoms. The Hall–Kier alpha value is -2.21. The summed E-state index contributed by atoms with van der Waals surface area (Å²) in [6.07, 6.45) is 4.48. The summed E-state index contributed by atoms with van der Waals surface area (Å²) in [5.41, 5.74) is 1.42. The van der Waals surface area contributed by atoms with Gasteiger partial charge in [0.15, 0.2) is 11.5 Å². The predicted molar refractivity (Wildman–Crippen MR) is 127 cm³/mol. The zero-order valence-corrected chi connectivity index (χ0v) is 19.1. The van der Waals surface area contributed by atoms with Crippen molar-refractivity contribution in [1.29, 1.82) is 0 Å². The molecule has 7 heteroatoms. The standard InChI is InChI=1S/C24H28Cl2N2O3/c1-3-5-19(17-7-9-20(25)21(26)12-17)24(29)28-18-8-10-22(30-2)23(13-18)31-15-16-6-4-11-27-14-16/h3,7-10,12-13,16,19,27H,1,4-6,11,14-15H2,2H3,(H,28,29). The highest BCUT2D eigenvalue weighted by Gasteiger charge is 2.21. The van der Waals surface area contributed by atoms with E-state index in [1.807, 2.05) is 6.07 Å². The smallest absolute Gasteiger partial charge is 0.232 e. The van der Waals surface area contributed by atoms with E-state index < -0.39 is 5.92 Å². The molecule has 2 unspecified atom stereocenters. The second-order valence-electron chi connectivity index (χ2n) is 7.63. The molecule has 1 fully saturated rings. The number of carbonyl (C=O) groups is 1. The lowest BCUT2D eigenvalue weighted by molar-refractivity contribution is -0.117. The number of hydrogen-bond acceptors (Lipinski definition) is 4. The number of halogens is 2. The molecule has 3 rings (SSSR count). The third kappa shape index (κ3) is 6.39. The van der Waals surface area contributed by atoms with Gasteiger partial charge in [-0.05, 0) is 55.6 Å². The van der Waals surface area contributed by atoms with Gasteiger partial charge >= 0.3 is 0 Å². The summed E-state index contributed by atoms with van der Waals surface area (Å²) in [6, 6.07) is 10.6. The van der Waals surface area contributed by atoms with Gasteiger partial charge in [-0.15, -0.1) is 6.58 Å². The van der Waals surface area contributed by atoms with Gasteiger partial charge in [-0.1, -0.05) is 35.3 Å². The highest BCUT2D eigenvalue weighted by Crippen LogP contribution is 2.33. The van der Waals surface area contributed by atoms with Crippen LogP contribution in [0.3, 0.4) is 0 Å². The molecule has 166 valence electrons. The molecule has 0 aromatic heterocycles. The molecule has 1 aliphatic heterocycles. The molecule has 5 nitrogen and oxygen atoms in total. The van der Waals surface area contributed by atoms with Gasteiger partial charge in [0.1, 0.15) is 0 Å². The fourth-order valence-electron chi connectivity index (χ4n) is 3.66. The number of anilines is 1. The largest absolute Gasteiger partial charge is 0.493 e. The minimum absolute atomic E-state index is 0.161. The SMILES string of the molecule is C=CCC(C(=O)Nc1ccc(OC)c(OCC2CCCNC2)c1)c1ccc(Cl)c(Cl)c1. The number of carbonyl (C=O) groups excluding carboxylic acids is 1. The first-order chi connectivity index (χ1) is 15.0. The molecule has 0 radical (unpaired) electrons. The molecule has 2 aromatic rings. The lowest BCUT2D eigenvalue weighted by atomic mass is 9.94. The average Bonchev–Trinajstić information content (AvgIpc) is 2.78. The van der Waals surface area contributed by atoms with Crippen LogP contribution in [-0.2, 0) is 4.79 Å². The molecule has 1 aliphatic rings. The summed E-state index contributed by atoms with van der Waals surface area (Å²) in [6.45, 7) is 6.39. The van der Waals surface area contributed by atoms with Crippen molar-refractivity contribution in [3.63, 3.8) is 0 Å². The summed E-state index contributed by atoms with van der Waals surface area (Å²) in [7, 11) is 1.60. The first-order valence-electron chi connectivity index (χ1n) is 10.4. The Kier molecular flexibility index (Phi) is 8.64. The third-order valence-electron chi connectivity index (χ3n) is 5.37. The maximum atomic E-state index is 13.1. The quantitative estimate of drug-likeness (QED) is 0.470. The van der Waals surface area contributed by atoms with Crippen molar-refractivity contribution < 1.29 is 14.3 Å². The first kappa shape index (κ1) is 23.5. The van der Waals surface area contributed by atoms with Crippen LogP contribution in [0.5, 0.6) is 11.5 Å². The van der Waals surface area contributed by atoms with Crippen LogP contribution < -0.4 is 20.1 Å². The second-order valence-corrected chi connectivity index (χ2v) is 8.44. The molecular formula is C24H28Cl2N2O3. The maximum Gasteiger partial charge on any atom is 0.232 e. The third-order valence-corrected chi connectivity index (χ3v) is 6.11. The normalized spacial score (nSPS) is 16.9. The van der Waals surface area contributed by atoms with Gasteiger partial charge in [0, 0.05) is 24.2 Å². The molecule has 2 N–H and O–H groups in total. The fraction of sp³-hybridized carbons (Fsp3) is 0.375. The summed E-state index contributed by atoms with van der Waals surface area (Å²) < 4.78 is 11.5. The van der Waals surface area contributed by atoms with Crippen molar-refractivity contribution in [2.24, 2.45) is 5.92 Å². The van der Waals surface area contributed by atoms with Crippen LogP contribution in [0.2, 0.25) is 10.0 Å². The van der Waals surface area contributed by atoms with Crippen molar-refractivity contribution in [2.45, 2.75) is 25.2 Å². The minimum Gasteiger partial charge on any atom is -0.493 e. The van der Waals surface area contributed by atoms with Crippen LogP contribution in [0.15, 0.2) is 49.1 Å². The lowest BCUT2D eigenvalue weighted by Crippen LogP contribution is -2.33. The number of methoxy groups -OCH3 is 1. The topological polar surface area (TPSA) is 59.6 Å². The van der Waals surface area contributed by atoms with Crippen LogP contribution in [0.1, 0.15) is 30.7 Å². The molecule has 1 saturated heterocycles. The lowest BCUT2D eigenvalue weighted by Gasteiger charge is -2.23. The zero-order chi connectivity index (χ0) is 22.2. The van der Waals surface area contributed by atoms with E-state index in [9.17, 15) is 4.79 Å². The number of ether oxygens (including phenoxy) is 2. The number of piperidine rings is 1. The summed E-state index contributed by atoms with van der Waals surface area (Å²) in [4.78, 5) is 13.1. The minimum atomic E-state index is -0.438. The van der Waals surface area contributed by atoms with Crippen molar-refractivity contribution in [3.8, 4) is 11.5 Å². The average molecular weight is 463 g/mol. The Morgan fingerprint density at radius 2 is 2.10 bits per heavy atom. The van der Waals surface area contributed by atoms with E-state index in [-0.39, 0.29) is 5.91 Å². The zero-order valence-electron chi connectivity index (χ0n) is 17.6. The van der Waals surface area contributed by atoms with E-state index in [4.69, 9.17) is 32.7 Å². The van der Waals surface area contributed by atoms with E-state index in [0.717, 1.165) is 31.5 Å². The molecule has 0 saturated carbocycles. The summed E-state index contributed by atoms with van der Waals surface area (Å²) in [5, 5.41) is 7.24. The van der Waals surface area contributed by atoms with Crippen molar-refractivity contribution in [2.75, 3.05) is 32.1 Å². The Balaban J connectivity index is 1.73. The molecule has 2 aromatic carbocycles. The van der Waals surface area contributed by atoms with Crippen LogP contribution in [0, 0.1) is 5.92 Å². The first-order valence-corrected chi connectivity index (χ1v) is 11.2. The maximum absolute atomic E-state index is 13.1. The number of nitrogens with one attached hydrogen (secondary N) is 2. The molecule has 0 aliphatic carbocycles. The van der Waals surface area contributed by atoms with Gasteiger partial charge in [-0.25, -0.2) is 0 Å². The molecule has 2 atom stereocenters. The number of allylic oxidation sites excluding steroid dienone is 1. The van der Waals surface area contributed by atoms with Crippen molar-refractivity contribution in [3.05, 3.63) is 64.7 Å². The van der Waals surface area contributed by atoms with Gasteiger partial charge in [0.25, 0.3) is 0 Å². The number of hydrogen-bond donors (Lipinski definition) is 2. The number of amides is 1. The molecule has 31 heavy (non-hydrogen) atoms. The predicted octanol–water partition coefficient (Wildman–Crippen LogP) is 5.68. The van der Waals surface area contributed by atoms with Crippen LogP contribution in [0.25, 0.3) is 0 Å². The highest BCUT2D eigenvalue weighted by atomic mass is 35.5. The monoisotopic (exact) mass is 462 g/mol. The Bertz CT molecular complexity index is 914. The van der Waals surface area contributed by atoms with E-state index in [1.54, 1.807) is 43.5 Å².